The predicted octanol–water partition coefficient (Wildman–Crippen LogP) is 3.89. The molecule has 0 saturated carbocycles. The second-order valence-corrected chi connectivity index (χ2v) is 6.05. The first-order valence-corrected chi connectivity index (χ1v) is 8.62. The van der Waals surface area contributed by atoms with Crippen LogP contribution in [0, 0.1) is 0 Å². The fourth-order valence-electron chi connectivity index (χ4n) is 2.95. The van der Waals surface area contributed by atoms with Crippen LogP contribution in [-0.4, -0.2) is 35.1 Å². The van der Waals surface area contributed by atoms with Gasteiger partial charge in [-0.3, -0.25) is 4.79 Å². The van der Waals surface area contributed by atoms with Crippen LogP contribution in [0.2, 0.25) is 0 Å². The normalized spacial score (nSPS) is 10.6. The van der Waals surface area contributed by atoms with Gasteiger partial charge in [-0.05, 0) is 17.7 Å². The van der Waals surface area contributed by atoms with Crippen molar-refractivity contribution in [2.75, 3.05) is 19.5 Å². The first kappa shape index (κ1) is 17.5. The van der Waals surface area contributed by atoms with Crippen molar-refractivity contribution in [3.05, 3.63) is 66.5 Å². The maximum absolute atomic E-state index is 12.8. The number of carbonyl (C=O) groups excluding carboxylic acids is 1. The van der Waals surface area contributed by atoms with Gasteiger partial charge in [0, 0.05) is 29.4 Å². The molecule has 0 radical (unpaired) electrons. The van der Waals surface area contributed by atoms with Gasteiger partial charge in [-0.15, -0.1) is 0 Å². The Bertz CT molecular complexity index is 1140. The van der Waals surface area contributed by atoms with Gasteiger partial charge in [0.2, 0.25) is 11.8 Å². The van der Waals surface area contributed by atoms with Crippen LogP contribution in [0.3, 0.4) is 0 Å². The highest BCUT2D eigenvalue weighted by atomic mass is 16.5. The van der Waals surface area contributed by atoms with E-state index in [1.54, 1.807) is 24.5 Å². The smallest absolute Gasteiger partial charge is 0.261 e. The number of hydrogen-bond acceptors (Lipinski definition) is 5. The molecule has 0 saturated heterocycles. The van der Waals surface area contributed by atoms with Crippen LogP contribution in [0.15, 0.2) is 60.9 Å². The lowest BCUT2D eigenvalue weighted by molar-refractivity contribution is 0.102. The molecule has 3 heterocycles. The second kappa shape index (κ2) is 7.40. The van der Waals surface area contributed by atoms with Gasteiger partial charge in [0.15, 0.2) is 0 Å². The number of methoxy groups -OCH3 is 2. The summed E-state index contributed by atoms with van der Waals surface area (Å²) in [5.74, 6) is 0.231. The van der Waals surface area contributed by atoms with Crippen molar-refractivity contribution in [3.8, 4) is 22.9 Å². The van der Waals surface area contributed by atoms with Gasteiger partial charge in [0.1, 0.15) is 11.2 Å². The Morgan fingerprint density at radius 3 is 2.61 bits per heavy atom. The Kier molecular flexibility index (Phi) is 4.63. The minimum Gasteiger partial charge on any atom is -0.481 e. The number of amides is 1. The Hall–Kier alpha value is -3.87. The maximum Gasteiger partial charge on any atom is 0.261 e. The molecule has 2 N–H and O–H groups in total. The molecule has 4 aromatic rings. The van der Waals surface area contributed by atoms with Crippen LogP contribution in [0.4, 0.5) is 5.69 Å². The number of H-pyrrole nitrogens is 1. The molecule has 0 fully saturated rings. The van der Waals surface area contributed by atoms with E-state index in [1.807, 2.05) is 36.4 Å². The predicted molar refractivity (Wildman–Crippen MR) is 107 cm³/mol. The number of ether oxygens (including phenoxy) is 2. The number of nitrogens with one attached hydrogen (secondary N) is 2. The summed E-state index contributed by atoms with van der Waals surface area (Å²) in [6.07, 6.45) is 3.52. The average Bonchev–Trinajstić information content (AvgIpc) is 3.15. The summed E-state index contributed by atoms with van der Waals surface area (Å²) in [4.78, 5) is 24.5. The van der Waals surface area contributed by atoms with Crippen LogP contribution in [0.1, 0.15) is 10.4 Å². The highest BCUT2D eigenvalue weighted by Gasteiger charge is 2.17. The summed E-state index contributed by atoms with van der Waals surface area (Å²) in [6.45, 7) is 0. The molecular formula is C21H18N4O3. The lowest BCUT2D eigenvalue weighted by Gasteiger charge is -2.09. The Balaban J connectivity index is 1.67. The number of aromatic amines is 1. The number of carbonyl (C=O) groups is 1. The molecule has 1 amide bonds. The van der Waals surface area contributed by atoms with E-state index in [0.29, 0.717) is 22.8 Å². The van der Waals surface area contributed by atoms with Gasteiger partial charge < -0.3 is 19.8 Å². The number of nitrogens with zero attached hydrogens (tertiary/aromatic N) is 2. The minimum atomic E-state index is -0.335. The van der Waals surface area contributed by atoms with E-state index < -0.39 is 0 Å². The number of aromatic nitrogens is 3. The van der Waals surface area contributed by atoms with Crippen molar-refractivity contribution in [3.63, 3.8) is 0 Å². The SMILES string of the molecule is COc1ccc(C(=O)Nc2c[nH]c3ncc(-c4ccccc4)cc23)c(OC)n1. The summed E-state index contributed by atoms with van der Waals surface area (Å²) in [5.41, 5.74) is 3.64. The van der Waals surface area contributed by atoms with E-state index in [1.165, 1.54) is 14.2 Å². The third kappa shape index (κ3) is 3.25. The molecule has 0 bridgehead atoms. The molecule has 1 aromatic carbocycles. The highest BCUT2D eigenvalue weighted by Crippen LogP contribution is 2.28. The molecule has 0 aliphatic heterocycles. The molecule has 7 heteroatoms. The third-order valence-corrected chi connectivity index (χ3v) is 4.37. The lowest BCUT2D eigenvalue weighted by Crippen LogP contribution is -2.13. The van der Waals surface area contributed by atoms with Crippen molar-refractivity contribution >= 4 is 22.6 Å². The summed E-state index contributed by atoms with van der Waals surface area (Å²) in [6, 6.07) is 15.2. The minimum absolute atomic E-state index is 0.194. The van der Waals surface area contributed by atoms with Crippen molar-refractivity contribution in [2.24, 2.45) is 0 Å². The summed E-state index contributed by atoms with van der Waals surface area (Å²) in [7, 11) is 2.96. The number of rotatable bonds is 5. The zero-order valence-corrected chi connectivity index (χ0v) is 15.4. The van der Waals surface area contributed by atoms with Gasteiger partial charge in [-0.2, -0.15) is 4.98 Å². The molecule has 4 rings (SSSR count). The van der Waals surface area contributed by atoms with Crippen molar-refractivity contribution in [1.82, 2.24) is 15.0 Å². The standard InChI is InChI=1S/C21H18N4O3/c1-27-18-9-8-15(21(25-18)28-2)20(26)24-17-12-23-19-16(17)10-14(11-22-19)13-6-4-3-5-7-13/h3-12H,1-2H3,(H,22,23)(H,24,26). The Morgan fingerprint density at radius 1 is 1.04 bits per heavy atom. The van der Waals surface area contributed by atoms with Gasteiger partial charge in [0.05, 0.1) is 19.9 Å². The first-order chi connectivity index (χ1) is 13.7. The molecule has 0 unspecified atom stereocenters. The van der Waals surface area contributed by atoms with Crippen LogP contribution >= 0.6 is 0 Å². The summed E-state index contributed by atoms with van der Waals surface area (Å²) in [5, 5.41) is 3.72. The van der Waals surface area contributed by atoms with Crippen LogP contribution in [-0.2, 0) is 0 Å². The zero-order chi connectivity index (χ0) is 19.5. The average molecular weight is 374 g/mol. The molecule has 3 aromatic heterocycles. The highest BCUT2D eigenvalue weighted by molar-refractivity contribution is 6.10. The Labute approximate surface area is 161 Å². The van der Waals surface area contributed by atoms with Gasteiger partial charge in [-0.25, -0.2) is 4.98 Å². The molecule has 0 aliphatic rings. The topological polar surface area (TPSA) is 89.1 Å². The summed E-state index contributed by atoms with van der Waals surface area (Å²) < 4.78 is 10.3. The van der Waals surface area contributed by atoms with E-state index in [2.05, 4.69) is 20.3 Å². The van der Waals surface area contributed by atoms with Gasteiger partial charge >= 0.3 is 0 Å². The fourth-order valence-corrected chi connectivity index (χ4v) is 2.95. The zero-order valence-electron chi connectivity index (χ0n) is 15.4. The number of pyridine rings is 2. The van der Waals surface area contributed by atoms with E-state index >= 15 is 0 Å². The van der Waals surface area contributed by atoms with Gasteiger partial charge in [-0.1, -0.05) is 30.3 Å². The van der Waals surface area contributed by atoms with Crippen LogP contribution in [0.25, 0.3) is 22.2 Å². The second-order valence-electron chi connectivity index (χ2n) is 6.05. The molecular weight excluding hydrogens is 356 g/mol. The first-order valence-electron chi connectivity index (χ1n) is 8.62. The third-order valence-electron chi connectivity index (χ3n) is 4.37. The van der Waals surface area contributed by atoms with Crippen LogP contribution < -0.4 is 14.8 Å². The molecule has 0 aliphatic carbocycles. The maximum atomic E-state index is 12.8. The quantitative estimate of drug-likeness (QED) is 0.553. The monoisotopic (exact) mass is 374 g/mol. The van der Waals surface area contributed by atoms with Crippen molar-refractivity contribution in [1.29, 1.82) is 0 Å². The fraction of sp³-hybridized carbons (Fsp3) is 0.0952. The molecule has 7 nitrogen and oxygen atoms in total. The molecule has 140 valence electrons. The molecule has 0 atom stereocenters. The largest absolute Gasteiger partial charge is 0.481 e. The number of anilines is 1. The number of hydrogen-bond donors (Lipinski definition) is 2. The molecule has 0 spiro atoms. The van der Waals surface area contributed by atoms with E-state index in [9.17, 15) is 4.79 Å². The summed E-state index contributed by atoms with van der Waals surface area (Å²) >= 11 is 0. The molecule has 28 heavy (non-hydrogen) atoms. The Morgan fingerprint density at radius 2 is 1.86 bits per heavy atom. The van der Waals surface area contributed by atoms with Crippen molar-refractivity contribution in [2.45, 2.75) is 0 Å². The number of benzene rings is 1. The van der Waals surface area contributed by atoms with Gasteiger partial charge in [0.25, 0.3) is 5.91 Å². The number of fused-ring (bicyclic) bond motifs is 1. The van der Waals surface area contributed by atoms with E-state index in [0.717, 1.165) is 16.5 Å². The van der Waals surface area contributed by atoms with Crippen LogP contribution in [0.5, 0.6) is 11.8 Å². The van der Waals surface area contributed by atoms with E-state index in [4.69, 9.17) is 9.47 Å². The van der Waals surface area contributed by atoms with Crippen molar-refractivity contribution < 1.29 is 14.3 Å². The lowest BCUT2D eigenvalue weighted by atomic mass is 10.1. The van der Waals surface area contributed by atoms with E-state index in [-0.39, 0.29) is 11.8 Å².